The van der Waals surface area contributed by atoms with Gasteiger partial charge in [-0.2, -0.15) is 5.26 Å². The molecule has 1 fully saturated rings. The average molecular weight is 261 g/mol. The van der Waals surface area contributed by atoms with Crippen LogP contribution in [-0.4, -0.2) is 28.4 Å². The summed E-state index contributed by atoms with van der Waals surface area (Å²) < 4.78 is 0. The molecule has 1 saturated heterocycles. The summed E-state index contributed by atoms with van der Waals surface area (Å²) in [6, 6.07) is 4.41. The van der Waals surface area contributed by atoms with Gasteiger partial charge in [-0.1, -0.05) is 0 Å². The van der Waals surface area contributed by atoms with Crippen LogP contribution in [0.3, 0.4) is 0 Å². The number of carbonyl (C=O) groups is 1. The van der Waals surface area contributed by atoms with Crippen LogP contribution in [0.2, 0.25) is 0 Å². The predicted octanol–water partition coefficient (Wildman–Crippen LogP) is 0.552. The molecule has 2 rings (SSSR count). The fourth-order valence-electron chi connectivity index (χ4n) is 1.83. The van der Waals surface area contributed by atoms with Crippen LogP contribution < -0.4 is 10.6 Å². The smallest absolute Gasteiger partial charge is 0.305 e. The number of aromatic nitrogens is 1. The van der Waals surface area contributed by atoms with E-state index in [4.69, 9.17) is 5.26 Å². The van der Waals surface area contributed by atoms with Crippen LogP contribution in [0.1, 0.15) is 18.5 Å². The van der Waals surface area contributed by atoms with Gasteiger partial charge in [0.25, 0.3) is 0 Å². The molecule has 2 N–H and O–H groups in total. The normalized spacial score (nSPS) is 18.3. The van der Waals surface area contributed by atoms with E-state index < -0.39 is 4.92 Å². The molecule has 0 bridgehead atoms. The Morgan fingerprint density at radius 2 is 2.37 bits per heavy atom. The van der Waals surface area contributed by atoms with Crippen LogP contribution in [0.25, 0.3) is 0 Å². The molecule has 0 aliphatic carbocycles. The number of nitriles is 1. The van der Waals surface area contributed by atoms with E-state index >= 15 is 0 Å². The standard InChI is InChI=1S/C11H11N5O3/c12-5-8-9(16(18)19)2-3-10(15-8)14-7-1-4-11(17)13-6-7/h2-3,7H,1,4,6H2,(H,13,17)(H,14,15). The van der Waals surface area contributed by atoms with E-state index in [0.29, 0.717) is 25.2 Å². The summed E-state index contributed by atoms with van der Waals surface area (Å²) in [7, 11) is 0. The Balaban J connectivity index is 2.11. The zero-order chi connectivity index (χ0) is 13.8. The first kappa shape index (κ1) is 12.8. The van der Waals surface area contributed by atoms with Crippen molar-refractivity contribution in [2.24, 2.45) is 0 Å². The van der Waals surface area contributed by atoms with Crippen LogP contribution in [0.5, 0.6) is 0 Å². The van der Waals surface area contributed by atoms with Crippen molar-refractivity contribution in [2.45, 2.75) is 18.9 Å². The first-order valence-corrected chi connectivity index (χ1v) is 5.69. The highest BCUT2D eigenvalue weighted by Crippen LogP contribution is 2.19. The van der Waals surface area contributed by atoms with Gasteiger partial charge in [-0.3, -0.25) is 14.9 Å². The summed E-state index contributed by atoms with van der Waals surface area (Å²) in [5, 5.41) is 25.2. The summed E-state index contributed by atoms with van der Waals surface area (Å²) >= 11 is 0. The second kappa shape index (κ2) is 5.30. The lowest BCUT2D eigenvalue weighted by atomic mass is 10.1. The quantitative estimate of drug-likeness (QED) is 0.605. The molecule has 2 heterocycles. The highest BCUT2D eigenvalue weighted by atomic mass is 16.6. The molecule has 0 aromatic carbocycles. The maximum Gasteiger partial charge on any atom is 0.305 e. The Kier molecular flexibility index (Phi) is 3.56. The molecular formula is C11H11N5O3. The molecule has 19 heavy (non-hydrogen) atoms. The number of pyridine rings is 1. The molecule has 1 aliphatic rings. The van der Waals surface area contributed by atoms with E-state index in [-0.39, 0.29) is 23.3 Å². The van der Waals surface area contributed by atoms with Crippen molar-refractivity contribution in [2.75, 3.05) is 11.9 Å². The summed E-state index contributed by atoms with van der Waals surface area (Å²) in [5.74, 6) is 0.399. The lowest BCUT2D eigenvalue weighted by molar-refractivity contribution is -0.385. The van der Waals surface area contributed by atoms with Crippen molar-refractivity contribution in [3.8, 4) is 6.07 Å². The van der Waals surface area contributed by atoms with Gasteiger partial charge in [0.2, 0.25) is 11.6 Å². The van der Waals surface area contributed by atoms with Crippen molar-refractivity contribution in [3.63, 3.8) is 0 Å². The summed E-state index contributed by atoms with van der Waals surface area (Å²) in [5.41, 5.74) is -0.542. The summed E-state index contributed by atoms with van der Waals surface area (Å²) in [6.07, 6.45) is 1.09. The number of carbonyl (C=O) groups excluding carboxylic acids is 1. The monoisotopic (exact) mass is 261 g/mol. The van der Waals surface area contributed by atoms with E-state index in [9.17, 15) is 14.9 Å². The molecule has 98 valence electrons. The highest BCUT2D eigenvalue weighted by Gasteiger charge is 2.20. The zero-order valence-electron chi connectivity index (χ0n) is 9.92. The first-order chi connectivity index (χ1) is 9.10. The molecule has 1 aromatic rings. The molecule has 0 radical (unpaired) electrons. The largest absolute Gasteiger partial charge is 0.366 e. The van der Waals surface area contributed by atoms with E-state index in [1.807, 2.05) is 0 Å². The van der Waals surface area contributed by atoms with E-state index in [1.165, 1.54) is 12.1 Å². The molecule has 1 aromatic heterocycles. The van der Waals surface area contributed by atoms with Gasteiger partial charge in [0.15, 0.2) is 0 Å². The second-order valence-electron chi connectivity index (χ2n) is 4.12. The number of anilines is 1. The molecule has 1 atom stereocenters. The van der Waals surface area contributed by atoms with Crippen LogP contribution in [-0.2, 0) is 4.79 Å². The lowest BCUT2D eigenvalue weighted by Crippen LogP contribution is -2.42. The van der Waals surface area contributed by atoms with Crippen molar-refractivity contribution >= 4 is 17.4 Å². The molecule has 8 heteroatoms. The Bertz CT molecular complexity index is 556. The van der Waals surface area contributed by atoms with Gasteiger partial charge in [0.1, 0.15) is 11.9 Å². The van der Waals surface area contributed by atoms with Crippen LogP contribution in [0.15, 0.2) is 12.1 Å². The number of hydrogen-bond acceptors (Lipinski definition) is 6. The fourth-order valence-corrected chi connectivity index (χ4v) is 1.83. The summed E-state index contributed by atoms with van der Waals surface area (Å²) in [4.78, 5) is 24.9. The minimum absolute atomic E-state index is 0.00687. The third-order valence-corrected chi connectivity index (χ3v) is 2.79. The van der Waals surface area contributed by atoms with Gasteiger partial charge in [0.05, 0.1) is 4.92 Å². The molecule has 1 amide bonds. The number of nitrogens with one attached hydrogen (secondary N) is 2. The van der Waals surface area contributed by atoms with Gasteiger partial charge in [-0.25, -0.2) is 4.98 Å². The van der Waals surface area contributed by atoms with Gasteiger partial charge < -0.3 is 10.6 Å². The molecule has 0 spiro atoms. The van der Waals surface area contributed by atoms with E-state index in [2.05, 4.69) is 15.6 Å². The van der Waals surface area contributed by atoms with Crippen LogP contribution in [0, 0.1) is 21.4 Å². The number of nitrogens with zero attached hydrogens (tertiary/aromatic N) is 3. The summed E-state index contributed by atoms with van der Waals surface area (Å²) in [6.45, 7) is 0.472. The van der Waals surface area contributed by atoms with Crippen molar-refractivity contribution in [1.82, 2.24) is 10.3 Å². The second-order valence-corrected chi connectivity index (χ2v) is 4.12. The molecule has 0 saturated carbocycles. The SMILES string of the molecule is N#Cc1nc(NC2CCC(=O)NC2)ccc1[N+](=O)[O-]. The highest BCUT2D eigenvalue weighted by molar-refractivity contribution is 5.77. The number of piperidine rings is 1. The first-order valence-electron chi connectivity index (χ1n) is 5.69. The Hall–Kier alpha value is -2.69. The van der Waals surface area contributed by atoms with Crippen molar-refractivity contribution in [1.29, 1.82) is 5.26 Å². The van der Waals surface area contributed by atoms with Gasteiger partial charge in [-0.05, 0) is 12.5 Å². The minimum atomic E-state index is -0.643. The Morgan fingerprint density at radius 1 is 1.58 bits per heavy atom. The third kappa shape index (κ3) is 2.95. The van der Waals surface area contributed by atoms with Gasteiger partial charge >= 0.3 is 5.69 Å². The zero-order valence-corrected chi connectivity index (χ0v) is 9.92. The van der Waals surface area contributed by atoms with Crippen molar-refractivity contribution < 1.29 is 9.72 Å². The average Bonchev–Trinajstić information content (AvgIpc) is 2.41. The maximum absolute atomic E-state index is 11.0. The number of amides is 1. The topological polar surface area (TPSA) is 121 Å². The van der Waals surface area contributed by atoms with Gasteiger partial charge in [-0.15, -0.1) is 0 Å². The fraction of sp³-hybridized carbons (Fsp3) is 0.364. The van der Waals surface area contributed by atoms with Gasteiger partial charge in [0, 0.05) is 25.1 Å². The molecule has 1 aliphatic heterocycles. The number of rotatable bonds is 3. The number of nitro groups is 1. The Labute approximate surface area is 108 Å². The molecule has 8 nitrogen and oxygen atoms in total. The Morgan fingerprint density at radius 3 is 2.95 bits per heavy atom. The number of hydrogen-bond donors (Lipinski definition) is 2. The molecule has 1 unspecified atom stereocenters. The van der Waals surface area contributed by atoms with E-state index in [0.717, 1.165) is 0 Å². The van der Waals surface area contributed by atoms with Crippen LogP contribution >= 0.6 is 0 Å². The van der Waals surface area contributed by atoms with E-state index in [1.54, 1.807) is 6.07 Å². The third-order valence-electron chi connectivity index (χ3n) is 2.79. The van der Waals surface area contributed by atoms with Crippen molar-refractivity contribution in [3.05, 3.63) is 27.9 Å². The van der Waals surface area contributed by atoms with Crippen LogP contribution in [0.4, 0.5) is 11.5 Å². The maximum atomic E-state index is 11.0. The predicted molar refractivity (Wildman–Crippen MR) is 65.3 cm³/mol. The lowest BCUT2D eigenvalue weighted by Gasteiger charge is -2.23. The molecular weight excluding hydrogens is 250 g/mol. The minimum Gasteiger partial charge on any atom is -0.366 e.